The Bertz CT molecular complexity index is 1890. The first-order valence-corrected chi connectivity index (χ1v) is 14.5. The molecule has 1 aliphatic carbocycles. The van der Waals surface area contributed by atoms with Gasteiger partial charge in [-0.15, -0.1) is 0 Å². The summed E-state index contributed by atoms with van der Waals surface area (Å²) >= 11 is 36.5. The summed E-state index contributed by atoms with van der Waals surface area (Å²) in [7, 11) is 0. The number of halogens is 6. The molecule has 1 aliphatic rings. The van der Waals surface area contributed by atoms with Gasteiger partial charge in [-0.05, 0) is 59.6 Å². The number of rotatable bonds is 7. The van der Waals surface area contributed by atoms with Crippen molar-refractivity contribution in [1.29, 1.82) is 0 Å². The van der Waals surface area contributed by atoms with Crippen molar-refractivity contribution in [2.45, 2.75) is 5.92 Å². The summed E-state index contributed by atoms with van der Waals surface area (Å²) in [4.78, 5) is 43.1. The Morgan fingerprint density at radius 2 is 1.33 bits per heavy atom. The largest absolute Gasteiger partial charge is 0.473 e. The van der Waals surface area contributed by atoms with Crippen molar-refractivity contribution in [2.75, 3.05) is 17.4 Å². The van der Waals surface area contributed by atoms with Gasteiger partial charge in [-0.2, -0.15) is 15.0 Å². The molecule has 3 aromatic carbocycles. The standard InChI is InChI=1S/C28H14Cl6N6O3/c29-19-17-18(20(30)22(32)21(19)31)25(42)16(24(17)41)14-9-4-11-2-1-3-15(23(11)37-14)35-10-43-13-7-5-12(6-8-13)36-28-39-26(33)38-27(34)40-28/h1-9,16,35H,10H2,(H,36,38,39,40). The van der Waals surface area contributed by atoms with Crippen LogP contribution >= 0.6 is 69.6 Å². The Morgan fingerprint density at radius 3 is 1.95 bits per heavy atom. The van der Waals surface area contributed by atoms with Crippen LogP contribution in [0.3, 0.4) is 0 Å². The summed E-state index contributed by atoms with van der Waals surface area (Å²) in [6.45, 7) is 0.0887. The molecule has 0 saturated heterocycles. The van der Waals surface area contributed by atoms with Crippen molar-refractivity contribution in [2.24, 2.45) is 0 Å². The molecule has 0 saturated carbocycles. The number of nitrogens with one attached hydrogen (secondary N) is 2. The quantitative estimate of drug-likeness (QED) is 0.0746. The molecule has 216 valence electrons. The lowest BCUT2D eigenvalue weighted by Gasteiger charge is -2.13. The molecule has 15 heteroatoms. The third kappa shape index (κ3) is 5.64. The van der Waals surface area contributed by atoms with Gasteiger partial charge in [0.1, 0.15) is 11.7 Å². The van der Waals surface area contributed by atoms with Crippen LogP contribution < -0.4 is 15.4 Å². The first kappa shape index (κ1) is 29.6. The monoisotopic (exact) mass is 692 g/mol. The zero-order chi connectivity index (χ0) is 30.4. The second-order valence-electron chi connectivity index (χ2n) is 9.09. The Morgan fingerprint density at radius 1 is 0.698 bits per heavy atom. The topological polar surface area (TPSA) is 119 Å². The second-order valence-corrected chi connectivity index (χ2v) is 11.3. The maximum Gasteiger partial charge on any atom is 0.232 e. The van der Waals surface area contributed by atoms with E-state index in [2.05, 4.69) is 30.6 Å². The molecule has 0 unspecified atom stereocenters. The minimum absolute atomic E-state index is 0.0290. The van der Waals surface area contributed by atoms with E-state index >= 15 is 0 Å². The molecule has 5 aromatic rings. The molecule has 0 atom stereocenters. The molecule has 9 nitrogen and oxygen atoms in total. The molecule has 6 rings (SSSR count). The summed E-state index contributed by atoms with van der Waals surface area (Å²) < 4.78 is 5.84. The lowest BCUT2D eigenvalue weighted by atomic mass is 9.98. The SMILES string of the molecule is O=C1c2c(Cl)c(Cl)c(Cl)c(Cl)c2C(=O)C1c1ccc2cccc(NCOc3ccc(Nc4nc(Cl)nc(Cl)n4)cc3)c2n1. The highest BCUT2D eigenvalue weighted by atomic mass is 35.5. The van der Waals surface area contributed by atoms with Crippen molar-refractivity contribution >= 4 is 109 Å². The maximum absolute atomic E-state index is 13.4. The smallest absolute Gasteiger partial charge is 0.232 e. The average molecular weight is 695 g/mol. The molecule has 0 amide bonds. The molecule has 0 spiro atoms. The molecule has 0 radical (unpaired) electrons. The van der Waals surface area contributed by atoms with Gasteiger partial charge in [0.15, 0.2) is 18.3 Å². The van der Waals surface area contributed by atoms with Crippen LogP contribution in [0.2, 0.25) is 30.7 Å². The third-order valence-electron chi connectivity index (χ3n) is 6.51. The first-order valence-electron chi connectivity index (χ1n) is 12.3. The highest BCUT2D eigenvalue weighted by molar-refractivity contribution is 6.55. The summed E-state index contributed by atoms with van der Waals surface area (Å²) in [5, 5.41) is 6.48. The summed E-state index contributed by atoms with van der Waals surface area (Å²) in [5.41, 5.74) is 1.95. The number of aromatic nitrogens is 4. The van der Waals surface area contributed by atoms with Crippen molar-refractivity contribution in [3.8, 4) is 5.75 Å². The van der Waals surface area contributed by atoms with E-state index in [1.807, 2.05) is 12.1 Å². The van der Waals surface area contributed by atoms with Crippen molar-refractivity contribution in [1.82, 2.24) is 19.9 Å². The van der Waals surface area contributed by atoms with Crippen LogP contribution in [-0.2, 0) is 0 Å². The Hall–Kier alpha value is -3.44. The lowest BCUT2D eigenvalue weighted by molar-refractivity contribution is 0.0888. The minimum Gasteiger partial charge on any atom is -0.473 e. The second kappa shape index (κ2) is 11.9. The van der Waals surface area contributed by atoms with E-state index in [0.29, 0.717) is 22.6 Å². The van der Waals surface area contributed by atoms with Crippen molar-refractivity contribution in [3.05, 3.63) is 102 Å². The van der Waals surface area contributed by atoms with Gasteiger partial charge in [0, 0.05) is 11.1 Å². The first-order chi connectivity index (χ1) is 20.6. The molecule has 0 aliphatic heterocycles. The summed E-state index contributed by atoms with van der Waals surface area (Å²) in [6.07, 6.45) is 0. The Balaban J connectivity index is 1.19. The van der Waals surface area contributed by atoms with Crippen LogP contribution in [0.15, 0.2) is 54.6 Å². The number of hydrogen-bond donors (Lipinski definition) is 2. The maximum atomic E-state index is 13.4. The number of nitrogens with zero attached hydrogens (tertiary/aromatic N) is 4. The van der Waals surface area contributed by atoms with E-state index in [-0.39, 0.29) is 60.2 Å². The van der Waals surface area contributed by atoms with Crippen LogP contribution in [0.4, 0.5) is 17.3 Å². The summed E-state index contributed by atoms with van der Waals surface area (Å²) in [6, 6.07) is 15.9. The van der Waals surface area contributed by atoms with Gasteiger partial charge in [-0.25, -0.2) is 4.98 Å². The van der Waals surface area contributed by atoms with Crippen molar-refractivity contribution in [3.63, 3.8) is 0 Å². The number of ketones is 2. The lowest BCUT2D eigenvalue weighted by Crippen LogP contribution is -2.15. The summed E-state index contributed by atoms with van der Waals surface area (Å²) in [5.74, 6) is -1.57. The number of Topliss-reactive ketones (excluding diaryl/α,β-unsaturated/α-hetero) is 2. The van der Waals surface area contributed by atoms with Gasteiger partial charge < -0.3 is 15.4 Å². The van der Waals surface area contributed by atoms with Crippen LogP contribution in [0.25, 0.3) is 10.9 Å². The highest BCUT2D eigenvalue weighted by Crippen LogP contribution is 2.48. The molecule has 2 N–H and O–H groups in total. The fraction of sp³-hybridized carbons (Fsp3) is 0.0714. The van der Waals surface area contributed by atoms with Gasteiger partial charge in [0.05, 0.1) is 48.1 Å². The van der Waals surface area contributed by atoms with Crippen LogP contribution in [-0.4, -0.2) is 38.2 Å². The third-order valence-corrected chi connectivity index (χ3v) is 8.65. The molecular formula is C28H14Cl6N6O3. The average Bonchev–Trinajstić information content (AvgIpc) is 3.24. The fourth-order valence-corrected chi connectivity index (χ4v) is 5.98. The molecule has 43 heavy (non-hydrogen) atoms. The normalized spacial score (nSPS) is 13.0. The number of para-hydroxylation sites is 1. The van der Waals surface area contributed by atoms with E-state index in [1.165, 1.54) is 0 Å². The fourth-order valence-electron chi connectivity index (χ4n) is 4.58. The van der Waals surface area contributed by atoms with Gasteiger partial charge in [-0.3, -0.25) is 9.59 Å². The predicted octanol–water partition coefficient (Wildman–Crippen LogP) is 8.70. The van der Waals surface area contributed by atoms with Gasteiger partial charge in [-0.1, -0.05) is 64.6 Å². The number of anilines is 3. The van der Waals surface area contributed by atoms with E-state index in [9.17, 15) is 9.59 Å². The van der Waals surface area contributed by atoms with E-state index in [0.717, 1.165) is 5.39 Å². The van der Waals surface area contributed by atoms with Gasteiger partial charge >= 0.3 is 0 Å². The predicted molar refractivity (Wildman–Crippen MR) is 168 cm³/mol. The van der Waals surface area contributed by atoms with E-state index in [4.69, 9.17) is 74.3 Å². The van der Waals surface area contributed by atoms with Gasteiger partial charge in [0.2, 0.25) is 16.5 Å². The van der Waals surface area contributed by atoms with Crippen molar-refractivity contribution < 1.29 is 14.3 Å². The number of pyridine rings is 1. The Kier molecular flexibility index (Phi) is 8.21. The highest BCUT2D eigenvalue weighted by Gasteiger charge is 2.45. The number of carbonyl (C=O) groups is 2. The number of carbonyl (C=O) groups excluding carboxylic acids is 2. The Labute approximate surface area is 273 Å². The molecule has 0 fully saturated rings. The van der Waals surface area contributed by atoms with E-state index in [1.54, 1.807) is 42.5 Å². The van der Waals surface area contributed by atoms with Crippen LogP contribution in [0.5, 0.6) is 5.75 Å². The zero-order valence-corrected chi connectivity index (χ0v) is 25.8. The number of fused-ring (bicyclic) bond motifs is 2. The van der Waals surface area contributed by atoms with Crippen LogP contribution in [0, 0.1) is 0 Å². The molecular weight excluding hydrogens is 681 g/mol. The number of ether oxygens (including phenoxy) is 1. The van der Waals surface area contributed by atoms with Gasteiger partial charge in [0.25, 0.3) is 0 Å². The number of benzene rings is 3. The molecule has 2 aromatic heterocycles. The number of hydrogen-bond acceptors (Lipinski definition) is 9. The molecule has 2 heterocycles. The van der Waals surface area contributed by atoms with E-state index < -0.39 is 17.5 Å². The minimum atomic E-state index is -1.25. The zero-order valence-electron chi connectivity index (χ0n) is 21.3. The van der Waals surface area contributed by atoms with Crippen LogP contribution in [0.1, 0.15) is 32.3 Å². The molecule has 0 bridgehead atoms.